The van der Waals surface area contributed by atoms with Crippen LogP contribution in [0.4, 0.5) is 0 Å². The number of amides is 2. The highest BCUT2D eigenvalue weighted by Crippen LogP contribution is 2.11. The van der Waals surface area contributed by atoms with Gasteiger partial charge < -0.3 is 16.4 Å². The third kappa shape index (κ3) is 2.81. The molecule has 2 unspecified atom stereocenters. The highest BCUT2D eigenvalue weighted by Gasteiger charge is 2.28. The van der Waals surface area contributed by atoms with Crippen molar-refractivity contribution in [2.45, 2.75) is 24.9 Å². The predicted octanol–water partition coefficient (Wildman–Crippen LogP) is -1.13. The van der Waals surface area contributed by atoms with E-state index in [9.17, 15) is 9.59 Å². The van der Waals surface area contributed by atoms with E-state index in [0.29, 0.717) is 6.54 Å². The Kier molecular flexibility index (Phi) is 4.03. The minimum absolute atomic E-state index is 0.0748. The number of nitriles is 1. The molecule has 1 aliphatic rings. The molecule has 2 atom stereocenters. The second-order valence-electron chi connectivity index (χ2n) is 3.60. The number of nitrogens with two attached hydrogens (primary N) is 2. The van der Waals surface area contributed by atoms with Gasteiger partial charge in [0.1, 0.15) is 6.04 Å². The van der Waals surface area contributed by atoms with Gasteiger partial charge in [0.05, 0.1) is 12.1 Å². The minimum atomic E-state index is -0.775. The van der Waals surface area contributed by atoms with Gasteiger partial charge in [-0.1, -0.05) is 6.08 Å². The van der Waals surface area contributed by atoms with Crippen LogP contribution in [-0.2, 0) is 9.59 Å². The molecule has 1 rings (SSSR count). The van der Waals surface area contributed by atoms with E-state index < -0.39 is 18.0 Å². The summed E-state index contributed by atoms with van der Waals surface area (Å²) in [5, 5.41) is 8.78. The van der Waals surface area contributed by atoms with Gasteiger partial charge in [0.2, 0.25) is 11.8 Å². The second kappa shape index (κ2) is 5.28. The Morgan fingerprint density at radius 2 is 2.31 bits per heavy atom. The Morgan fingerprint density at radius 3 is 2.88 bits per heavy atom. The molecule has 6 heteroatoms. The number of carbonyl (C=O) groups is 2. The van der Waals surface area contributed by atoms with Crippen molar-refractivity contribution in [1.82, 2.24) is 4.90 Å². The summed E-state index contributed by atoms with van der Waals surface area (Å²) in [4.78, 5) is 23.7. The lowest BCUT2D eigenvalue weighted by atomic mass is 10.1. The summed E-state index contributed by atoms with van der Waals surface area (Å²) in [7, 11) is 0. The maximum atomic E-state index is 11.8. The van der Waals surface area contributed by atoms with Gasteiger partial charge in [-0.05, 0) is 12.5 Å². The average molecular weight is 222 g/mol. The first kappa shape index (κ1) is 12.2. The molecule has 0 spiro atoms. The van der Waals surface area contributed by atoms with E-state index in [1.165, 1.54) is 4.90 Å². The zero-order valence-electron chi connectivity index (χ0n) is 8.80. The van der Waals surface area contributed by atoms with Gasteiger partial charge in [-0.15, -0.1) is 0 Å². The molecule has 0 radical (unpaired) electrons. The lowest BCUT2D eigenvalue weighted by Gasteiger charge is -2.23. The van der Waals surface area contributed by atoms with Crippen molar-refractivity contribution in [1.29, 1.82) is 5.26 Å². The van der Waals surface area contributed by atoms with Gasteiger partial charge in [0.15, 0.2) is 0 Å². The lowest BCUT2D eigenvalue weighted by molar-refractivity contribution is -0.132. The summed E-state index contributed by atoms with van der Waals surface area (Å²) >= 11 is 0. The molecule has 0 fully saturated rings. The molecule has 16 heavy (non-hydrogen) atoms. The quantitative estimate of drug-likeness (QED) is 0.586. The van der Waals surface area contributed by atoms with Crippen LogP contribution in [-0.4, -0.2) is 35.3 Å². The molecule has 1 aliphatic heterocycles. The van der Waals surface area contributed by atoms with Crippen molar-refractivity contribution in [3.63, 3.8) is 0 Å². The fourth-order valence-electron chi connectivity index (χ4n) is 1.49. The SMILES string of the molecule is N#CC1C=CCN1C(=O)C(N)CCC(N)=O. The summed E-state index contributed by atoms with van der Waals surface area (Å²) in [6, 6.07) is 0.662. The number of rotatable bonds is 4. The van der Waals surface area contributed by atoms with Crippen LogP contribution in [0.3, 0.4) is 0 Å². The number of hydrogen-bond donors (Lipinski definition) is 2. The highest BCUT2D eigenvalue weighted by molar-refractivity contribution is 5.84. The van der Waals surface area contributed by atoms with E-state index in [0.717, 1.165) is 0 Å². The van der Waals surface area contributed by atoms with Crippen molar-refractivity contribution in [2.75, 3.05) is 6.54 Å². The molecular weight excluding hydrogens is 208 g/mol. The maximum absolute atomic E-state index is 11.8. The highest BCUT2D eigenvalue weighted by atomic mass is 16.2. The summed E-state index contributed by atoms with van der Waals surface area (Å²) in [5.41, 5.74) is 10.6. The first-order chi connectivity index (χ1) is 7.56. The standard InChI is InChI=1S/C10H14N4O2/c11-6-7-2-1-5-14(7)10(16)8(12)3-4-9(13)15/h1-2,7-8H,3-5,12H2,(H2,13,15). The fraction of sp³-hybridized carbons (Fsp3) is 0.500. The summed E-state index contributed by atoms with van der Waals surface area (Å²) in [5.74, 6) is -0.808. The van der Waals surface area contributed by atoms with Gasteiger partial charge in [-0.25, -0.2) is 0 Å². The van der Waals surface area contributed by atoms with Gasteiger partial charge in [0.25, 0.3) is 0 Å². The normalized spacial score (nSPS) is 20.5. The Morgan fingerprint density at radius 1 is 1.62 bits per heavy atom. The van der Waals surface area contributed by atoms with Crippen LogP contribution < -0.4 is 11.5 Å². The van der Waals surface area contributed by atoms with Gasteiger partial charge >= 0.3 is 0 Å². The van der Waals surface area contributed by atoms with Crippen LogP contribution in [0.1, 0.15) is 12.8 Å². The fourth-order valence-corrected chi connectivity index (χ4v) is 1.49. The van der Waals surface area contributed by atoms with Crippen LogP contribution in [0.5, 0.6) is 0 Å². The third-order valence-electron chi connectivity index (χ3n) is 2.39. The van der Waals surface area contributed by atoms with E-state index in [4.69, 9.17) is 16.7 Å². The number of carbonyl (C=O) groups excluding carboxylic acids is 2. The first-order valence-electron chi connectivity index (χ1n) is 4.97. The molecule has 4 N–H and O–H groups in total. The third-order valence-corrected chi connectivity index (χ3v) is 2.39. The lowest BCUT2D eigenvalue weighted by Crippen LogP contribution is -2.46. The van der Waals surface area contributed by atoms with E-state index in [1.54, 1.807) is 12.2 Å². The first-order valence-corrected chi connectivity index (χ1v) is 4.97. The molecule has 86 valence electrons. The minimum Gasteiger partial charge on any atom is -0.370 e. The second-order valence-corrected chi connectivity index (χ2v) is 3.60. The van der Waals surface area contributed by atoms with Gasteiger partial charge in [0, 0.05) is 13.0 Å². The Labute approximate surface area is 93.5 Å². The van der Waals surface area contributed by atoms with E-state index in [1.807, 2.05) is 6.07 Å². The van der Waals surface area contributed by atoms with Crippen molar-refractivity contribution >= 4 is 11.8 Å². The monoisotopic (exact) mass is 222 g/mol. The van der Waals surface area contributed by atoms with Crippen molar-refractivity contribution in [3.05, 3.63) is 12.2 Å². The van der Waals surface area contributed by atoms with E-state index >= 15 is 0 Å². The Bertz CT molecular complexity index is 358. The number of nitrogens with zero attached hydrogens (tertiary/aromatic N) is 2. The number of primary amides is 1. The van der Waals surface area contributed by atoms with Crippen LogP contribution in [0.2, 0.25) is 0 Å². The van der Waals surface area contributed by atoms with Crippen LogP contribution in [0.25, 0.3) is 0 Å². The molecule has 0 aromatic rings. The topological polar surface area (TPSA) is 113 Å². The zero-order chi connectivity index (χ0) is 12.1. The van der Waals surface area contributed by atoms with Crippen LogP contribution >= 0.6 is 0 Å². The molecule has 2 amide bonds. The summed E-state index contributed by atoms with van der Waals surface area (Å²) in [6.07, 6.45) is 3.68. The Hall–Kier alpha value is -1.87. The van der Waals surface area contributed by atoms with Crippen molar-refractivity contribution in [2.24, 2.45) is 11.5 Å². The summed E-state index contributed by atoms with van der Waals surface area (Å²) in [6.45, 7) is 0.390. The predicted molar refractivity (Wildman–Crippen MR) is 56.7 cm³/mol. The molecule has 1 heterocycles. The molecule has 6 nitrogen and oxygen atoms in total. The molecule has 0 saturated carbocycles. The Balaban J connectivity index is 2.51. The van der Waals surface area contributed by atoms with Crippen LogP contribution in [0, 0.1) is 11.3 Å². The van der Waals surface area contributed by atoms with Crippen molar-refractivity contribution < 1.29 is 9.59 Å². The maximum Gasteiger partial charge on any atom is 0.241 e. The zero-order valence-corrected chi connectivity index (χ0v) is 8.80. The molecule has 0 aliphatic carbocycles. The van der Waals surface area contributed by atoms with Gasteiger partial charge in [-0.2, -0.15) is 5.26 Å². The smallest absolute Gasteiger partial charge is 0.241 e. The van der Waals surface area contributed by atoms with Gasteiger partial charge in [-0.3, -0.25) is 9.59 Å². The molecule has 0 bridgehead atoms. The molecule has 0 saturated heterocycles. The largest absolute Gasteiger partial charge is 0.370 e. The van der Waals surface area contributed by atoms with Crippen molar-refractivity contribution in [3.8, 4) is 6.07 Å². The summed E-state index contributed by atoms with van der Waals surface area (Å²) < 4.78 is 0. The van der Waals surface area contributed by atoms with E-state index in [2.05, 4.69) is 0 Å². The van der Waals surface area contributed by atoms with E-state index in [-0.39, 0.29) is 18.7 Å². The molecular formula is C10H14N4O2. The van der Waals surface area contributed by atoms with Crippen LogP contribution in [0.15, 0.2) is 12.2 Å². The average Bonchev–Trinajstić information content (AvgIpc) is 2.72. The molecule has 0 aromatic heterocycles. The number of hydrogen-bond acceptors (Lipinski definition) is 4. The molecule has 0 aromatic carbocycles.